The quantitative estimate of drug-likeness (QED) is 0.702. The molecule has 0 radical (unpaired) electrons. The molecule has 0 aliphatic heterocycles. The van der Waals surface area contributed by atoms with Crippen LogP contribution in [-0.4, -0.2) is 29.8 Å². The number of hydrogen-bond donors (Lipinski definition) is 1. The highest BCUT2D eigenvalue weighted by atomic mass is 35.5. The normalized spacial score (nSPS) is 11.7. The smallest absolute Gasteiger partial charge is 0.242 e. The van der Waals surface area contributed by atoms with Gasteiger partial charge in [-0.3, -0.25) is 9.59 Å². The number of amides is 2. The van der Waals surface area contributed by atoms with E-state index in [1.54, 1.807) is 30.1 Å². The highest BCUT2D eigenvalue weighted by Crippen LogP contribution is 2.24. The molecule has 6 heteroatoms. The Bertz CT molecular complexity index is 781. The van der Waals surface area contributed by atoms with Gasteiger partial charge in [0.15, 0.2) is 0 Å². The maximum Gasteiger partial charge on any atom is 0.242 e. The molecule has 2 amide bonds. The molecule has 0 aliphatic carbocycles. The minimum Gasteiger partial charge on any atom is -0.357 e. The van der Waals surface area contributed by atoms with Crippen molar-refractivity contribution in [2.75, 3.05) is 7.05 Å². The molecule has 1 unspecified atom stereocenters. The van der Waals surface area contributed by atoms with E-state index in [4.69, 9.17) is 23.2 Å². The van der Waals surface area contributed by atoms with Gasteiger partial charge in [0.25, 0.3) is 0 Å². The second-order valence-corrected chi connectivity index (χ2v) is 7.17. The second kappa shape index (κ2) is 10.3. The first-order valence-electron chi connectivity index (χ1n) is 8.95. The third kappa shape index (κ3) is 5.98. The van der Waals surface area contributed by atoms with Crippen LogP contribution in [0.25, 0.3) is 0 Å². The predicted molar refractivity (Wildman–Crippen MR) is 110 cm³/mol. The summed E-state index contributed by atoms with van der Waals surface area (Å²) in [5.41, 5.74) is 1.75. The molecule has 1 atom stereocenters. The average molecular weight is 407 g/mol. The van der Waals surface area contributed by atoms with E-state index in [1.165, 1.54) is 0 Å². The zero-order chi connectivity index (χ0) is 19.8. The van der Waals surface area contributed by atoms with Crippen molar-refractivity contribution < 1.29 is 9.59 Å². The molecule has 144 valence electrons. The van der Waals surface area contributed by atoms with Gasteiger partial charge in [0.2, 0.25) is 11.8 Å². The number of benzene rings is 2. The molecular formula is C21H24Cl2N2O2. The lowest BCUT2D eigenvalue weighted by molar-refractivity contribution is -0.141. The van der Waals surface area contributed by atoms with Crippen LogP contribution in [0.2, 0.25) is 10.0 Å². The summed E-state index contributed by atoms with van der Waals surface area (Å²) in [7, 11) is 1.58. The molecule has 4 nitrogen and oxygen atoms in total. The van der Waals surface area contributed by atoms with Gasteiger partial charge in [-0.1, -0.05) is 66.5 Å². The Labute approximate surface area is 170 Å². The molecule has 0 saturated heterocycles. The number of nitrogens with zero attached hydrogens (tertiary/aromatic N) is 1. The van der Waals surface area contributed by atoms with Crippen LogP contribution in [-0.2, 0) is 22.6 Å². The first kappa shape index (κ1) is 21.3. The summed E-state index contributed by atoms with van der Waals surface area (Å²) in [4.78, 5) is 27.1. The average Bonchev–Trinajstić information content (AvgIpc) is 2.66. The fourth-order valence-corrected chi connectivity index (χ4v) is 3.38. The zero-order valence-corrected chi connectivity index (χ0v) is 17.1. The first-order valence-corrected chi connectivity index (χ1v) is 9.70. The summed E-state index contributed by atoms with van der Waals surface area (Å²) < 4.78 is 0. The number of likely N-dealkylation sites (N-methyl/N-ethyl adjacent to an activating group) is 1. The third-order valence-electron chi connectivity index (χ3n) is 4.34. The largest absolute Gasteiger partial charge is 0.357 e. The Balaban J connectivity index is 2.37. The number of rotatable bonds is 8. The van der Waals surface area contributed by atoms with Crippen molar-refractivity contribution in [2.24, 2.45) is 0 Å². The lowest BCUT2D eigenvalue weighted by Gasteiger charge is -2.31. The zero-order valence-electron chi connectivity index (χ0n) is 15.5. The lowest BCUT2D eigenvalue weighted by atomic mass is 10.0. The SMILES string of the molecule is CCCC(=O)N(Cc1ccc(Cl)cc1Cl)C(Cc1ccccc1)C(=O)NC. The highest BCUT2D eigenvalue weighted by Gasteiger charge is 2.29. The van der Waals surface area contributed by atoms with E-state index in [1.807, 2.05) is 37.3 Å². The Hall–Kier alpha value is -2.04. The monoisotopic (exact) mass is 406 g/mol. The summed E-state index contributed by atoms with van der Waals surface area (Å²) in [6.07, 6.45) is 1.50. The van der Waals surface area contributed by atoms with E-state index in [2.05, 4.69) is 5.32 Å². The van der Waals surface area contributed by atoms with E-state index in [-0.39, 0.29) is 18.4 Å². The van der Waals surface area contributed by atoms with Crippen LogP contribution in [0.3, 0.4) is 0 Å². The molecule has 1 N–H and O–H groups in total. The van der Waals surface area contributed by atoms with Crippen LogP contribution >= 0.6 is 23.2 Å². The van der Waals surface area contributed by atoms with Gasteiger partial charge in [-0.15, -0.1) is 0 Å². The summed E-state index contributed by atoms with van der Waals surface area (Å²) in [5, 5.41) is 3.69. The van der Waals surface area contributed by atoms with Crippen molar-refractivity contribution >= 4 is 35.0 Å². The van der Waals surface area contributed by atoms with Crippen LogP contribution in [0.5, 0.6) is 0 Å². The number of carbonyl (C=O) groups excluding carboxylic acids is 2. The third-order valence-corrected chi connectivity index (χ3v) is 4.92. The molecule has 0 heterocycles. The van der Waals surface area contributed by atoms with Gasteiger partial charge in [0.1, 0.15) is 6.04 Å². The van der Waals surface area contributed by atoms with E-state index in [0.717, 1.165) is 11.1 Å². The molecule has 2 aromatic rings. The van der Waals surface area contributed by atoms with Gasteiger partial charge < -0.3 is 10.2 Å². The number of carbonyl (C=O) groups is 2. The van der Waals surface area contributed by atoms with Crippen molar-refractivity contribution in [1.29, 1.82) is 0 Å². The summed E-state index contributed by atoms with van der Waals surface area (Å²) in [6.45, 7) is 2.19. The van der Waals surface area contributed by atoms with Crippen LogP contribution in [0.1, 0.15) is 30.9 Å². The molecule has 2 rings (SSSR count). The van der Waals surface area contributed by atoms with Gasteiger partial charge >= 0.3 is 0 Å². The van der Waals surface area contributed by atoms with Gasteiger partial charge in [0.05, 0.1) is 0 Å². The van der Waals surface area contributed by atoms with Crippen LogP contribution in [0.4, 0.5) is 0 Å². The molecule has 0 aliphatic rings. The Morgan fingerprint density at radius 3 is 2.41 bits per heavy atom. The predicted octanol–water partition coefficient (Wildman–Crippen LogP) is 4.48. The van der Waals surface area contributed by atoms with Crippen molar-refractivity contribution in [3.05, 3.63) is 69.7 Å². The minimum atomic E-state index is -0.622. The van der Waals surface area contributed by atoms with Crippen molar-refractivity contribution in [3.63, 3.8) is 0 Å². The van der Waals surface area contributed by atoms with Crippen molar-refractivity contribution in [3.8, 4) is 0 Å². The molecule has 27 heavy (non-hydrogen) atoms. The van der Waals surface area contributed by atoms with Gasteiger partial charge in [-0.25, -0.2) is 0 Å². The second-order valence-electron chi connectivity index (χ2n) is 6.33. The molecule has 2 aromatic carbocycles. The molecule has 0 saturated carbocycles. The maximum absolute atomic E-state index is 12.9. The van der Waals surface area contributed by atoms with E-state index >= 15 is 0 Å². The highest BCUT2D eigenvalue weighted by molar-refractivity contribution is 6.35. The Kier molecular flexibility index (Phi) is 8.14. The summed E-state index contributed by atoms with van der Waals surface area (Å²) in [6, 6.07) is 14.2. The van der Waals surface area contributed by atoms with E-state index in [0.29, 0.717) is 29.3 Å². The number of nitrogens with one attached hydrogen (secondary N) is 1. The molecule has 0 aromatic heterocycles. The number of hydrogen-bond acceptors (Lipinski definition) is 2. The topological polar surface area (TPSA) is 49.4 Å². The molecule has 0 fully saturated rings. The molecule has 0 bridgehead atoms. The fraction of sp³-hybridized carbons (Fsp3) is 0.333. The first-order chi connectivity index (χ1) is 13.0. The maximum atomic E-state index is 12.9. The van der Waals surface area contributed by atoms with Crippen LogP contribution in [0, 0.1) is 0 Å². The van der Waals surface area contributed by atoms with Crippen LogP contribution in [0.15, 0.2) is 48.5 Å². The van der Waals surface area contributed by atoms with Gasteiger partial charge in [0, 0.05) is 36.5 Å². The summed E-state index contributed by atoms with van der Waals surface area (Å²) in [5.74, 6) is -0.276. The number of halogens is 2. The Morgan fingerprint density at radius 1 is 1.11 bits per heavy atom. The standard InChI is InChI=1S/C21H24Cl2N2O2/c1-3-7-20(26)25(14-16-10-11-17(22)13-18(16)23)19(21(27)24-2)12-15-8-5-4-6-9-15/h4-6,8-11,13,19H,3,7,12,14H2,1-2H3,(H,24,27). The summed E-state index contributed by atoms with van der Waals surface area (Å²) >= 11 is 12.3. The van der Waals surface area contributed by atoms with Crippen molar-refractivity contribution in [2.45, 2.75) is 38.8 Å². The van der Waals surface area contributed by atoms with Crippen molar-refractivity contribution in [1.82, 2.24) is 10.2 Å². The minimum absolute atomic E-state index is 0.0759. The van der Waals surface area contributed by atoms with E-state index < -0.39 is 6.04 Å². The fourth-order valence-electron chi connectivity index (χ4n) is 2.91. The molecular weight excluding hydrogens is 383 g/mol. The van der Waals surface area contributed by atoms with Crippen LogP contribution < -0.4 is 5.32 Å². The van der Waals surface area contributed by atoms with E-state index in [9.17, 15) is 9.59 Å². The Morgan fingerprint density at radius 2 is 1.81 bits per heavy atom. The van der Waals surface area contributed by atoms with Gasteiger partial charge in [-0.2, -0.15) is 0 Å². The van der Waals surface area contributed by atoms with Gasteiger partial charge in [-0.05, 0) is 29.7 Å². The lowest BCUT2D eigenvalue weighted by Crippen LogP contribution is -2.49. The molecule has 0 spiro atoms.